The molecule has 1 N–H and O–H groups in total. The van der Waals surface area contributed by atoms with E-state index >= 15 is 0 Å². The minimum atomic E-state index is -3.53. The van der Waals surface area contributed by atoms with Crippen molar-refractivity contribution in [3.63, 3.8) is 0 Å². The molecular formula is C26H27FN2O5S. The van der Waals surface area contributed by atoms with Gasteiger partial charge in [0.2, 0.25) is 15.9 Å². The number of benzene rings is 3. The molecule has 7 nitrogen and oxygen atoms in total. The van der Waals surface area contributed by atoms with Crippen LogP contribution < -0.4 is 10.1 Å². The van der Waals surface area contributed by atoms with Gasteiger partial charge in [0.25, 0.3) is 0 Å². The van der Waals surface area contributed by atoms with Crippen molar-refractivity contribution >= 4 is 21.6 Å². The lowest BCUT2D eigenvalue weighted by Crippen LogP contribution is -2.40. The lowest BCUT2D eigenvalue weighted by atomic mass is 10.1. The Morgan fingerprint density at radius 1 is 0.971 bits per heavy atom. The van der Waals surface area contributed by atoms with Crippen LogP contribution in [0.4, 0.5) is 10.1 Å². The quantitative estimate of drug-likeness (QED) is 0.482. The third-order valence-corrected chi connectivity index (χ3v) is 7.52. The van der Waals surface area contributed by atoms with Crippen LogP contribution in [0.3, 0.4) is 0 Å². The number of halogens is 1. The number of ether oxygens (including phenoxy) is 2. The largest absolute Gasteiger partial charge is 0.489 e. The van der Waals surface area contributed by atoms with E-state index in [1.54, 1.807) is 60.7 Å². The van der Waals surface area contributed by atoms with Crippen molar-refractivity contribution in [1.82, 2.24) is 4.31 Å². The Morgan fingerprint density at radius 2 is 1.66 bits per heavy atom. The van der Waals surface area contributed by atoms with Crippen LogP contribution >= 0.6 is 0 Å². The predicted octanol–water partition coefficient (Wildman–Crippen LogP) is 4.00. The fourth-order valence-corrected chi connectivity index (χ4v) is 5.06. The summed E-state index contributed by atoms with van der Waals surface area (Å²) in [4.78, 5) is 12.7. The zero-order chi connectivity index (χ0) is 24.7. The first-order valence-electron chi connectivity index (χ1n) is 11.3. The molecule has 0 bridgehead atoms. The Balaban J connectivity index is 1.27. The fourth-order valence-electron chi connectivity index (χ4n) is 3.66. The number of aryl methyl sites for hydroxylation is 1. The summed E-state index contributed by atoms with van der Waals surface area (Å²) in [6, 6.07) is 19.8. The summed E-state index contributed by atoms with van der Waals surface area (Å²) >= 11 is 0. The molecule has 0 aliphatic carbocycles. The molecule has 3 aromatic rings. The minimum Gasteiger partial charge on any atom is -0.489 e. The lowest BCUT2D eigenvalue weighted by Gasteiger charge is -2.26. The summed E-state index contributed by atoms with van der Waals surface area (Å²) in [6.45, 7) is 1.78. The number of rotatable bonds is 9. The zero-order valence-corrected chi connectivity index (χ0v) is 20.0. The average molecular weight is 499 g/mol. The number of amides is 1. The van der Waals surface area contributed by atoms with E-state index in [1.807, 2.05) is 0 Å². The molecule has 9 heteroatoms. The van der Waals surface area contributed by atoms with E-state index in [2.05, 4.69) is 5.32 Å². The van der Waals surface area contributed by atoms with Gasteiger partial charge in [0.05, 0.1) is 18.1 Å². The van der Waals surface area contributed by atoms with Crippen LogP contribution in [-0.2, 0) is 32.6 Å². The molecule has 1 amide bonds. The second-order valence-corrected chi connectivity index (χ2v) is 10.1. The molecule has 35 heavy (non-hydrogen) atoms. The monoisotopic (exact) mass is 498 g/mol. The van der Waals surface area contributed by atoms with E-state index < -0.39 is 10.0 Å². The summed E-state index contributed by atoms with van der Waals surface area (Å²) < 4.78 is 50.8. The molecule has 0 aromatic heterocycles. The van der Waals surface area contributed by atoms with Gasteiger partial charge in [0.15, 0.2) is 0 Å². The molecule has 184 valence electrons. The molecule has 1 aliphatic heterocycles. The van der Waals surface area contributed by atoms with Crippen molar-refractivity contribution in [3.05, 3.63) is 89.7 Å². The molecular weight excluding hydrogens is 471 g/mol. The molecule has 0 saturated carbocycles. The number of carbonyl (C=O) groups excluding carboxylic acids is 1. The number of hydrogen-bond donors (Lipinski definition) is 1. The van der Waals surface area contributed by atoms with Gasteiger partial charge in [-0.25, -0.2) is 12.8 Å². The molecule has 3 aromatic carbocycles. The number of nitrogens with zero attached hydrogens (tertiary/aromatic N) is 1. The maximum atomic E-state index is 13.0. The number of hydrogen-bond acceptors (Lipinski definition) is 5. The van der Waals surface area contributed by atoms with Gasteiger partial charge < -0.3 is 14.8 Å². The Kier molecular flexibility index (Phi) is 8.12. The van der Waals surface area contributed by atoms with Crippen molar-refractivity contribution in [2.24, 2.45) is 0 Å². The first kappa shape index (κ1) is 24.8. The molecule has 1 fully saturated rings. The number of sulfonamides is 1. The summed E-state index contributed by atoms with van der Waals surface area (Å²) in [7, 11) is -3.53. The molecule has 0 atom stereocenters. The van der Waals surface area contributed by atoms with E-state index in [1.165, 1.54) is 16.4 Å². The molecule has 0 unspecified atom stereocenters. The Labute approximate surface area is 204 Å². The number of morpholine rings is 1. The molecule has 0 spiro atoms. The predicted molar refractivity (Wildman–Crippen MR) is 130 cm³/mol. The minimum absolute atomic E-state index is 0.161. The molecule has 1 heterocycles. The van der Waals surface area contributed by atoms with Gasteiger partial charge in [-0.3, -0.25) is 4.79 Å². The SMILES string of the molecule is O=C(CCc1ccc(S(=O)(=O)N2CCOCC2)cc1)Nc1cccc(OCc2ccc(F)cc2)c1. The third kappa shape index (κ3) is 6.88. The smallest absolute Gasteiger partial charge is 0.243 e. The molecule has 1 saturated heterocycles. The lowest BCUT2D eigenvalue weighted by molar-refractivity contribution is -0.116. The number of nitrogens with one attached hydrogen (secondary N) is 1. The van der Waals surface area contributed by atoms with Crippen LogP contribution in [0.1, 0.15) is 17.5 Å². The van der Waals surface area contributed by atoms with Crippen LogP contribution in [0, 0.1) is 5.82 Å². The van der Waals surface area contributed by atoms with Gasteiger partial charge in [-0.1, -0.05) is 30.3 Å². The van der Waals surface area contributed by atoms with E-state index in [0.717, 1.165) is 11.1 Å². The van der Waals surface area contributed by atoms with E-state index in [4.69, 9.17) is 9.47 Å². The van der Waals surface area contributed by atoms with Crippen molar-refractivity contribution in [1.29, 1.82) is 0 Å². The summed E-state index contributed by atoms with van der Waals surface area (Å²) in [5.41, 5.74) is 2.32. The van der Waals surface area contributed by atoms with Gasteiger partial charge >= 0.3 is 0 Å². The number of anilines is 1. The first-order chi connectivity index (χ1) is 16.9. The van der Waals surface area contributed by atoms with Crippen LogP contribution in [0.5, 0.6) is 5.75 Å². The normalized spacial score (nSPS) is 14.4. The van der Waals surface area contributed by atoms with Crippen molar-refractivity contribution in [3.8, 4) is 5.75 Å². The van der Waals surface area contributed by atoms with E-state index in [-0.39, 0.29) is 29.6 Å². The maximum absolute atomic E-state index is 13.0. The Morgan fingerprint density at radius 3 is 2.37 bits per heavy atom. The highest BCUT2D eigenvalue weighted by Crippen LogP contribution is 2.20. The van der Waals surface area contributed by atoms with Gasteiger partial charge in [0.1, 0.15) is 18.2 Å². The second kappa shape index (κ2) is 11.4. The van der Waals surface area contributed by atoms with Crippen molar-refractivity contribution in [2.45, 2.75) is 24.3 Å². The Hall–Kier alpha value is -3.27. The van der Waals surface area contributed by atoms with Gasteiger partial charge in [-0.15, -0.1) is 0 Å². The van der Waals surface area contributed by atoms with Crippen LogP contribution in [0.2, 0.25) is 0 Å². The second-order valence-electron chi connectivity index (χ2n) is 8.15. The molecule has 1 aliphatic rings. The van der Waals surface area contributed by atoms with Crippen LogP contribution in [0.15, 0.2) is 77.7 Å². The molecule has 0 radical (unpaired) electrons. The van der Waals surface area contributed by atoms with Crippen molar-refractivity contribution in [2.75, 3.05) is 31.6 Å². The molecule has 4 rings (SSSR count). The standard InChI is InChI=1S/C26H27FN2O5S/c27-22-9-4-21(5-10-22)19-34-24-3-1-2-23(18-24)28-26(30)13-8-20-6-11-25(12-7-20)35(31,32)29-14-16-33-17-15-29/h1-7,9-12,18H,8,13-17,19H2,(H,28,30). The van der Waals surface area contributed by atoms with Gasteiger partial charge in [-0.2, -0.15) is 4.31 Å². The van der Waals surface area contributed by atoms with Gasteiger partial charge in [0, 0.05) is 31.3 Å². The summed E-state index contributed by atoms with van der Waals surface area (Å²) in [5, 5.41) is 2.85. The zero-order valence-electron chi connectivity index (χ0n) is 19.2. The van der Waals surface area contributed by atoms with Gasteiger partial charge in [-0.05, 0) is 53.9 Å². The average Bonchev–Trinajstić information content (AvgIpc) is 2.88. The first-order valence-corrected chi connectivity index (χ1v) is 12.8. The van der Waals surface area contributed by atoms with Crippen LogP contribution in [0.25, 0.3) is 0 Å². The highest BCUT2D eigenvalue weighted by Gasteiger charge is 2.26. The topological polar surface area (TPSA) is 84.9 Å². The summed E-state index contributed by atoms with van der Waals surface area (Å²) in [6.07, 6.45) is 0.723. The van der Waals surface area contributed by atoms with E-state index in [0.29, 0.717) is 44.2 Å². The maximum Gasteiger partial charge on any atom is 0.243 e. The van der Waals surface area contributed by atoms with Crippen LogP contribution in [-0.4, -0.2) is 44.9 Å². The highest BCUT2D eigenvalue weighted by molar-refractivity contribution is 7.89. The third-order valence-electron chi connectivity index (χ3n) is 5.61. The highest BCUT2D eigenvalue weighted by atomic mass is 32.2. The summed E-state index contributed by atoms with van der Waals surface area (Å²) in [5.74, 6) is 0.127. The fraction of sp³-hybridized carbons (Fsp3) is 0.269. The van der Waals surface area contributed by atoms with E-state index in [9.17, 15) is 17.6 Å². The Bertz CT molecular complexity index is 1240. The van der Waals surface area contributed by atoms with Crippen molar-refractivity contribution < 1.29 is 27.1 Å². The number of carbonyl (C=O) groups is 1.